The van der Waals surface area contributed by atoms with Crippen molar-refractivity contribution in [2.75, 3.05) is 6.54 Å². The van der Waals surface area contributed by atoms with Gasteiger partial charge in [-0.3, -0.25) is 19.7 Å². The van der Waals surface area contributed by atoms with E-state index >= 15 is 0 Å². The average molecular weight is 335 g/mol. The van der Waals surface area contributed by atoms with Crippen LogP contribution in [0.5, 0.6) is 0 Å². The molecule has 3 N–H and O–H groups in total. The summed E-state index contributed by atoms with van der Waals surface area (Å²) in [6.07, 6.45) is 1.13. The molecule has 9 nitrogen and oxygen atoms in total. The molecule has 0 saturated carbocycles. The van der Waals surface area contributed by atoms with Crippen molar-refractivity contribution in [1.29, 1.82) is 0 Å². The first-order valence-electron chi connectivity index (χ1n) is 7.33. The number of hydrogen-bond acceptors (Lipinski definition) is 5. The highest BCUT2D eigenvalue weighted by Crippen LogP contribution is 2.25. The molecule has 2 rings (SSSR count). The molecule has 2 amide bonds. The van der Waals surface area contributed by atoms with Gasteiger partial charge < -0.3 is 15.7 Å². The van der Waals surface area contributed by atoms with E-state index in [0.29, 0.717) is 12.8 Å². The SMILES string of the molecule is CC1CCC(C(N)=O)CN1C(=O)c1cc(C(=O)O)cc([N+](=O)[O-])c1. The highest BCUT2D eigenvalue weighted by molar-refractivity contribution is 5.99. The summed E-state index contributed by atoms with van der Waals surface area (Å²) in [6.45, 7) is 1.91. The zero-order valence-corrected chi connectivity index (χ0v) is 13.0. The van der Waals surface area contributed by atoms with Gasteiger partial charge in [-0.2, -0.15) is 0 Å². The van der Waals surface area contributed by atoms with Gasteiger partial charge in [0.05, 0.1) is 16.4 Å². The molecule has 1 aromatic rings. The maximum atomic E-state index is 12.7. The van der Waals surface area contributed by atoms with Crippen LogP contribution in [-0.4, -0.2) is 45.3 Å². The van der Waals surface area contributed by atoms with Gasteiger partial charge in [0.25, 0.3) is 11.6 Å². The van der Waals surface area contributed by atoms with Crippen molar-refractivity contribution >= 4 is 23.5 Å². The van der Waals surface area contributed by atoms with E-state index in [2.05, 4.69) is 0 Å². The number of non-ortho nitro benzene ring substituents is 1. The normalized spacial score (nSPS) is 20.5. The Kier molecular flexibility index (Phi) is 4.82. The van der Waals surface area contributed by atoms with Crippen molar-refractivity contribution in [3.63, 3.8) is 0 Å². The number of nitrogens with two attached hydrogens (primary N) is 1. The lowest BCUT2D eigenvalue weighted by Gasteiger charge is -2.37. The molecular weight excluding hydrogens is 318 g/mol. The van der Waals surface area contributed by atoms with Gasteiger partial charge in [0.2, 0.25) is 5.91 Å². The maximum absolute atomic E-state index is 12.7. The third kappa shape index (κ3) is 3.50. The number of carbonyl (C=O) groups excluding carboxylic acids is 2. The Morgan fingerprint density at radius 3 is 2.42 bits per heavy atom. The average Bonchev–Trinajstić information content (AvgIpc) is 2.53. The van der Waals surface area contributed by atoms with Gasteiger partial charge in [-0.25, -0.2) is 4.79 Å². The number of nitro groups is 1. The second-order valence-electron chi connectivity index (χ2n) is 5.81. The first kappa shape index (κ1) is 17.4. The van der Waals surface area contributed by atoms with Gasteiger partial charge in [0.15, 0.2) is 0 Å². The van der Waals surface area contributed by atoms with Gasteiger partial charge in [-0.1, -0.05) is 0 Å². The first-order valence-corrected chi connectivity index (χ1v) is 7.33. The monoisotopic (exact) mass is 335 g/mol. The molecule has 2 atom stereocenters. The second-order valence-corrected chi connectivity index (χ2v) is 5.81. The Labute approximate surface area is 137 Å². The number of hydrogen-bond donors (Lipinski definition) is 2. The molecule has 1 heterocycles. The number of primary amides is 1. The number of piperidine rings is 1. The summed E-state index contributed by atoms with van der Waals surface area (Å²) in [5.41, 5.74) is 4.38. The smallest absolute Gasteiger partial charge is 0.335 e. The Morgan fingerprint density at radius 1 is 1.25 bits per heavy atom. The number of carbonyl (C=O) groups is 3. The van der Waals surface area contributed by atoms with Gasteiger partial charge in [-0.15, -0.1) is 0 Å². The Hall–Kier alpha value is -2.97. The van der Waals surface area contributed by atoms with E-state index in [1.54, 1.807) is 6.92 Å². The number of carboxylic acids is 1. The summed E-state index contributed by atoms with van der Waals surface area (Å²) in [5, 5.41) is 20.0. The van der Waals surface area contributed by atoms with E-state index in [1.165, 1.54) is 4.90 Å². The number of aromatic carboxylic acids is 1. The fourth-order valence-corrected chi connectivity index (χ4v) is 2.75. The second kappa shape index (κ2) is 6.65. The molecule has 9 heteroatoms. The molecule has 1 aromatic carbocycles. The first-order chi connectivity index (χ1) is 11.2. The quantitative estimate of drug-likeness (QED) is 0.621. The number of rotatable bonds is 4. The van der Waals surface area contributed by atoms with Crippen molar-refractivity contribution in [3.8, 4) is 0 Å². The van der Waals surface area contributed by atoms with Crippen molar-refractivity contribution in [2.45, 2.75) is 25.8 Å². The Bertz CT molecular complexity index is 685. The zero-order valence-electron chi connectivity index (χ0n) is 13.0. The summed E-state index contributed by atoms with van der Waals surface area (Å²) in [7, 11) is 0. The molecule has 24 heavy (non-hydrogen) atoms. The summed E-state index contributed by atoms with van der Waals surface area (Å²) in [4.78, 5) is 46.8. The minimum atomic E-state index is -1.37. The number of nitro benzene ring substituents is 1. The molecule has 1 fully saturated rings. The van der Waals surface area contributed by atoms with Crippen molar-refractivity contribution in [3.05, 3.63) is 39.4 Å². The summed E-state index contributed by atoms with van der Waals surface area (Å²) < 4.78 is 0. The Balaban J connectivity index is 2.38. The van der Waals surface area contributed by atoms with E-state index in [0.717, 1.165) is 18.2 Å². The predicted molar refractivity (Wildman–Crippen MR) is 82.5 cm³/mol. The van der Waals surface area contributed by atoms with Crippen LogP contribution in [0.1, 0.15) is 40.5 Å². The molecule has 1 aliphatic heterocycles. The van der Waals surface area contributed by atoms with Crippen LogP contribution in [0.15, 0.2) is 18.2 Å². The van der Waals surface area contributed by atoms with Gasteiger partial charge in [0, 0.05) is 30.3 Å². The fraction of sp³-hybridized carbons (Fsp3) is 0.400. The summed E-state index contributed by atoms with van der Waals surface area (Å²) in [6, 6.07) is 2.85. The predicted octanol–water partition coefficient (Wildman–Crippen LogP) is 1.02. The fourth-order valence-electron chi connectivity index (χ4n) is 2.75. The van der Waals surface area contributed by atoms with Crippen LogP contribution < -0.4 is 5.73 Å². The molecule has 1 aliphatic rings. The van der Waals surface area contributed by atoms with Crippen LogP contribution in [0.4, 0.5) is 5.69 Å². The van der Waals surface area contributed by atoms with E-state index < -0.39 is 34.3 Å². The minimum absolute atomic E-state index is 0.0985. The maximum Gasteiger partial charge on any atom is 0.335 e. The number of nitrogens with zero attached hydrogens (tertiary/aromatic N) is 2. The number of carboxylic acid groups (broad SMARTS) is 1. The number of likely N-dealkylation sites (tertiary alicyclic amines) is 1. The molecule has 0 spiro atoms. The van der Waals surface area contributed by atoms with Gasteiger partial charge in [-0.05, 0) is 25.8 Å². The van der Waals surface area contributed by atoms with Gasteiger partial charge in [0.1, 0.15) is 0 Å². The molecular formula is C15H17N3O6. The third-order valence-electron chi connectivity index (χ3n) is 4.17. The van der Waals surface area contributed by atoms with Crippen molar-refractivity contribution < 1.29 is 24.4 Å². The molecule has 0 aliphatic carbocycles. The van der Waals surface area contributed by atoms with Gasteiger partial charge >= 0.3 is 5.97 Å². The lowest BCUT2D eigenvalue weighted by Crippen LogP contribution is -2.48. The number of amides is 2. The van der Waals surface area contributed by atoms with Crippen LogP contribution in [0, 0.1) is 16.0 Å². The molecule has 0 aromatic heterocycles. The largest absolute Gasteiger partial charge is 0.478 e. The van der Waals surface area contributed by atoms with E-state index in [4.69, 9.17) is 10.8 Å². The molecule has 2 unspecified atom stereocenters. The van der Waals surface area contributed by atoms with Crippen molar-refractivity contribution in [1.82, 2.24) is 4.90 Å². The third-order valence-corrected chi connectivity index (χ3v) is 4.17. The van der Waals surface area contributed by atoms with Crippen LogP contribution in [0.3, 0.4) is 0 Å². The standard InChI is InChI=1S/C15H17N3O6/c1-8-2-3-9(13(16)19)7-17(8)14(20)10-4-11(15(21)22)6-12(5-10)18(23)24/h4-6,8-9H,2-3,7H2,1H3,(H2,16,19)(H,21,22). The van der Waals surface area contributed by atoms with E-state index in [-0.39, 0.29) is 23.7 Å². The molecule has 1 saturated heterocycles. The summed E-state index contributed by atoms with van der Waals surface area (Å²) in [5.74, 6) is -2.91. The van der Waals surface area contributed by atoms with Crippen LogP contribution in [0.2, 0.25) is 0 Å². The number of benzene rings is 1. The minimum Gasteiger partial charge on any atom is -0.478 e. The summed E-state index contributed by atoms with van der Waals surface area (Å²) >= 11 is 0. The van der Waals surface area contributed by atoms with Crippen LogP contribution in [-0.2, 0) is 4.79 Å². The van der Waals surface area contributed by atoms with Crippen molar-refractivity contribution in [2.24, 2.45) is 11.7 Å². The lowest BCUT2D eigenvalue weighted by atomic mass is 9.92. The van der Waals surface area contributed by atoms with Crippen LogP contribution >= 0.6 is 0 Å². The topological polar surface area (TPSA) is 144 Å². The highest BCUT2D eigenvalue weighted by Gasteiger charge is 2.33. The molecule has 128 valence electrons. The van der Waals surface area contributed by atoms with E-state index in [1.807, 2.05) is 0 Å². The zero-order chi connectivity index (χ0) is 18.0. The van der Waals surface area contributed by atoms with E-state index in [9.17, 15) is 24.5 Å². The molecule has 0 bridgehead atoms. The molecule has 0 radical (unpaired) electrons. The Morgan fingerprint density at radius 2 is 1.88 bits per heavy atom. The highest BCUT2D eigenvalue weighted by atomic mass is 16.6. The van der Waals surface area contributed by atoms with Crippen LogP contribution in [0.25, 0.3) is 0 Å². The lowest BCUT2D eigenvalue weighted by molar-refractivity contribution is -0.384.